The predicted molar refractivity (Wildman–Crippen MR) is 75.4 cm³/mol. The van der Waals surface area contributed by atoms with E-state index in [-0.39, 0.29) is 5.65 Å². The van der Waals surface area contributed by atoms with E-state index in [2.05, 4.69) is 15.3 Å². The molecule has 0 radical (unpaired) electrons. The van der Waals surface area contributed by atoms with Crippen molar-refractivity contribution >= 4 is 17.2 Å². The lowest BCUT2D eigenvalue weighted by molar-refractivity contribution is -0.139. The van der Waals surface area contributed by atoms with Crippen LogP contribution in [-0.4, -0.2) is 30.3 Å². The van der Waals surface area contributed by atoms with E-state index >= 15 is 0 Å². The monoisotopic (exact) mass is 356 g/mol. The Kier molecular flexibility index (Phi) is 3.74. The minimum atomic E-state index is -5.01. The number of halogens is 4. The predicted octanol–water partition coefficient (Wildman–Crippen LogP) is 1.23. The fourth-order valence-corrected chi connectivity index (χ4v) is 2.14. The average Bonchev–Trinajstić information content (AvgIpc) is 2.94. The highest BCUT2D eigenvalue weighted by Crippen LogP contribution is 2.36. The summed E-state index contributed by atoms with van der Waals surface area (Å²) in [5.74, 6) is -2.63. The number of nitrogens with one attached hydrogen (secondary N) is 1. The zero-order valence-electron chi connectivity index (χ0n) is 12.4. The highest BCUT2D eigenvalue weighted by atomic mass is 19.4. The summed E-state index contributed by atoms with van der Waals surface area (Å²) in [6.45, 7) is 0. The molecule has 2 aromatic heterocycles. The van der Waals surface area contributed by atoms with Crippen molar-refractivity contribution < 1.29 is 22.4 Å². The van der Waals surface area contributed by atoms with Crippen molar-refractivity contribution in [1.29, 1.82) is 0 Å². The quantitative estimate of drug-likeness (QED) is 0.697. The molecule has 8 nitrogen and oxygen atoms in total. The first-order chi connectivity index (χ1) is 11.7. The lowest BCUT2D eigenvalue weighted by atomic mass is 10.1. The second kappa shape index (κ2) is 5.65. The molecule has 0 aliphatic rings. The Morgan fingerprint density at radius 2 is 2.00 bits per heavy atom. The number of anilines is 1. The fraction of sp³-hybridized carbons (Fsp3) is 0.154. The average molecular weight is 356 g/mol. The number of imidazole rings is 1. The maximum absolute atomic E-state index is 13.5. The Hall–Kier alpha value is -3.31. The summed E-state index contributed by atoms with van der Waals surface area (Å²) >= 11 is 0. The molecule has 25 heavy (non-hydrogen) atoms. The van der Waals surface area contributed by atoms with Gasteiger partial charge in [-0.25, -0.2) is 18.6 Å². The molecule has 1 N–H and O–H groups in total. The number of nitrogens with zero attached hydrogens (tertiary/aromatic N) is 5. The van der Waals surface area contributed by atoms with Crippen LogP contribution in [0.15, 0.2) is 29.3 Å². The van der Waals surface area contributed by atoms with Crippen molar-refractivity contribution in [1.82, 2.24) is 24.4 Å². The van der Waals surface area contributed by atoms with E-state index in [1.54, 1.807) is 0 Å². The SMILES string of the molecule is Cn1nnc2c(C(=O)Nc3cccc(F)c3C(F)(F)F)ncn2c1=O. The van der Waals surface area contributed by atoms with Crippen LogP contribution in [0.4, 0.5) is 23.2 Å². The molecule has 0 fully saturated rings. The van der Waals surface area contributed by atoms with Gasteiger partial charge < -0.3 is 5.32 Å². The van der Waals surface area contributed by atoms with Crippen molar-refractivity contribution in [3.05, 3.63) is 52.1 Å². The Labute approximate surface area is 135 Å². The van der Waals surface area contributed by atoms with Crippen molar-refractivity contribution in [2.75, 3.05) is 5.32 Å². The van der Waals surface area contributed by atoms with E-state index in [1.165, 1.54) is 7.05 Å². The summed E-state index contributed by atoms with van der Waals surface area (Å²) in [7, 11) is 1.32. The van der Waals surface area contributed by atoms with Gasteiger partial charge in [0.05, 0.1) is 5.69 Å². The van der Waals surface area contributed by atoms with Crippen molar-refractivity contribution in [3.8, 4) is 0 Å². The number of carbonyl (C=O) groups excluding carboxylic acids is 1. The van der Waals surface area contributed by atoms with Crippen molar-refractivity contribution in [2.45, 2.75) is 6.18 Å². The van der Waals surface area contributed by atoms with Gasteiger partial charge in [0.15, 0.2) is 11.3 Å². The van der Waals surface area contributed by atoms with Gasteiger partial charge >= 0.3 is 11.9 Å². The molecule has 0 bridgehead atoms. The highest BCUT2D eigenvalue weighted by Gasteiger charge is 2.37. The van der Waals surface area contributed by atoms with Gasteiger partial charge in [-0.15, -0.1) is 5.10 Å². The van der Waals surface area contributed by atoms with Gasteiger partial charge in [0.25, 0.3) is 5.91 Å². The molecule has 12 heteroatoms. The third-order valence-electron chi connectivity index (χ3n) is 3.26. The van der Waals surface area contributed by atoms with Crippen LogP contribution < -0.4 is 11.0 Å². The molecule has 0 aliphatic carbocycles. The first-order valence-corrected chi connectivity index (χ1v) is 6.64. The molecule has 0 aliphatic heterocycles. The molecule has 130 valence electrons. The maximum Gasteiger partial charge on any atom is 0.421 e. The van der Waals surface area contributed by atoms with Crippen LogP contribution in [0.2, 0.25) is 0 Å². The Balaban J connectivity index is 2.04. The summed E-state index contributed by atoms with van der Waals surface area (Å²) in [4.78, 5) is 27.7. The van der Waals surface area contributed by atoms with E-state index in [9.17, 15) is 27.2 Å². The van der Waals surface area contributed by atoms with Gasteiger partial charge in [0.2, 0.25) is 0 Å². The molecule has 1 amide bonds. The lowest BCUT2D eigenvalue weighted by Gasteiger charge is -2.13. The highest BCUT2D eigenvalue weighted by molar-refractivity contribution is 6.07. The number of alkyl halides is 3. The van der Waals surface area contributed by atoms with Crippen LogP contribution in [0.1, 0.15) is 16.1 Å². The third kappa shape index (κ3) is 2.81. The summed E-state index contributed by atoms with van der Waals surface area (Å²) in [5.41, 5.74) is -3.73. The van der Waals surface area contributed by atoms with Crippen molar-refractivity contribution in [2.24, 2.45) is 7.05 Å². The van der Waals surface area contributed by atoms with Crippen LogP contribution in [0.5, 0.6) is 0 Å². The third-order valence-corrected chi connectivity index (χ3v) is 3.26. The number of benzene rings is 1. The molecule has 0 spiro atoms. The van der Waals surface area contributed by atoms with E-state index in [0.717, 1.165) is 27.5 Å². The summed E-state index contributed by atoms with van der Waals surface area (Å²) in [6, 6.07) is 2.54. The van der Waals surface area contributed by atoms with E-state index in [1.807, 2.05) is 5.32 Å². The number of amides is 1. The first kappa shape index (κ1) is 16.5. The van der Waals surface area contributed by atoms with Crippen LogP contribution in [0, 0.1) is 5.82 Å². The largest absolute Gasteiger partial charge is 0.421 e. The van der Waals surface area contributed by atoms with Gasteiger partial charge in [-0.2, -0.15) is 17.9 Å². The van der Waals surface area contributed by atoms with E-state index in [4.69, 9.17) is 0 Å². The van der Waals surface area contributed by atoms with Crippen LogP contribution in [0.25, 0.3) is 5.65 Å². The molecular formula is C13H8F4N6O2. The molecule has 0 saturated carbocycles. The van der Waals surface area contributed by atoms with Gasteiger partial charge in [-0.05, 0) is 12.1 Å². The van der Waals surface area contributed by atoms with Crippen LogP contribution >= 0.6 is 0 Å². The zero-order chi connectivity index (χ0) is 18.4. The lowest BCUT2D eigenvalue weighted by Crippen LogP contribution is -2.27. The number of aryl methyl sites for hydroxylation is 1. The van der Waals surface area contributed by atoms with Gasteiger partial charge in [0.1, 0.15) is 17.7 Å². The van der Waals surface area contributed by atoms with E-state index in [0.29, 0.717) is 6.07 Å². The molecule has 3 aromatic rings. The second-order valence-electron chi connectivity index (χ2n) is 4.90. The normalized spacial score (nSPS) is 11.7. The summed E-state index contributed by atoms with van der Waals surface area (Å²) in [5, 5.41) is 9.02. The van der Waals surface area contributed by atoms with Crippen LogP contribution in [0.3, 0.4) is 0 Å². The summed E-state index contributed by atoms with van der Waals surface area (Å²) in [6.07, 6.45) is -4.03. The molecule has 2 heterocycles. The first-order valence-electron chi connectivity index (χ1n) is 6.64. The fourth-order valence-electron chi connectivity index (χ4n) is 2.14. The maximum atomic E-state index is 13.5. The van der Waals surface area contributed by atoms with E-state index < -0.39 is 40.5 Å². The standard InChI is InChI=1S/C13H8F4N6O2/c1-22-12(25)23-5-18-9(10(23)20-21-22)11(24)19-7-4-2-3-6(14)8(7)13(15,16)17/h2-5H,1H3,(H,19,24). The minimum absolute atomic E-state index is 0.245. The Morgan fingerprint density at radius 1 is 1.28 bits per heavy atom. The number of rotatable bonds is 2. The molecule has 0 saturated heterocycles. The molecule has 3 rings (SSSR count). The number of carbonyl (C=O) groups is 1. The molecule has 0 atom stereocenters. The minimum Gasteiger partial charge on any atom is -0.320 e. The number of fused-ring (bicyclic) bond motifs is 1. The topological polar surface area (TPSA) is 94.2 Å². The van der Waals surface area contributed by atoms with Gasteiger partial charge in [-0.1, -0.05) is 11.3 Å². The number of aromatic nitrogens is 5. The van der Waals surface area contributed by atoms with Gasteiger partial charge in [0, 0.05) is 7.05 Å². The Morgan fingerprint density at radius 3 is 2.68 bits per heavy atom. The van der Waals surface area contributed by atoms with Crippen LogP contribution in [-0.2, 0) is 13.2 Å². The molecular weight excluding hydrogens is 348 g/mol. The summed E-state index contributed by atoms with van der Waals surface area (Å²) < 4.78 is 54.2. The second-order valence-corrected chi connectivity index (χ2v) is 4.90. The van der Waals surface area contributed by atoms with Gasteiger partial charge in [-0.3, -0.25) is 4.79 Å². The number of hydrogen-bond donors (Lipinski definition) is 1. The number of hydrogen-bond acceptors (Lipinski definition) is 5. The Bertz CT molecular complexity index is 1040. The molecule has 0 unspecified atom stereocenters. The zero-order valence-corrected chi connectivity index (χ0v) is 12.4. The van der Waals surface area contributed by atoms with Crippen molar-refractivity contribution in [3.63, 3.8) is 0 Å². The smallest absolute Gasteiger partial charge is 0.320 e. The molecule has 1 aromatic carbocycles.